The van der Waals surface area contributed by atoms with E-state index in [1.54, 1.807) is 0 Å². The number of hydrogen-bond acceptors (Lipinski definition) is 1. The van der Waals surface area contributed by atoms with Crippen molar-refractivity contribution in [3.8, 4) is 0 Å². The predicted octanol–water partition coefficient (Wildman–Crippen LogP) is 4.07. The van der Waals surface area contributed by atoms with Crippen molar-refractivity contribution in [2.75, 3.05) is 6.61 Å². The molecule has 1 unspecified atom stereocenters. The van der Waals surface area contributed by atoms with E-state index in [2.05, 4.69) is 20.8 Å². The van der Waals surface area contributed by atoms with Crippen molar-refractivity contribution >= 4 is 8.07 Å². The molecule has 1 heterocycles. The zero-order valence-electron chi connectivity index (χ0n) is 10.2. The van der Waals surface area contributed by atoms with Crippen LogP contribution in [0.1, 0.15) is 33.6 Å². The summed E-state index contributed by atoms with van der Waals surface area (Å²) in [5, 5.41) is 0. The molecule has 1 aliphatic rings. The summed E-state index contributed by atoms with van der Waals surface area (Å²) in [6, 6.07) is 3.42. The fourth-order valence-corrected chi connectivity index (χ4v) is 5.12. The SMILES string of the molecule is CC[Si](/C=C(/F)C1CCCO1)(CC)CC. The highest BCUT2D eigenvalue weighted by molar-refractivity contribution is 6.84. The summed E-state index contributed by atoms with van der Waals surface area (Å²) < 4.78 is 19.3. The summed E-state index contributed by atoms with van der Waals surface area (Å²) in [4.78, 5) is 0. The Bertz CT molecular complexity index is 209. The molecule has 0 aromatic carbocycles. The van der Waals surface area contributed by atoms with Gasteiger partial charge in [0.05, 0.1) is 8.07 Å². The minimum atomic E-state index is -1.47. The van der Waals surface area contributed by atoms with Gasteiger partial charge in [-0.2, -0.15) is 0 Å². The summed E-state index contributed by atoms with van der Waals surface area (Å²) in [6.07, 6.45) is 1.65. The minimum Gasteiger partial charge on any atom is -0.371 e. The second kappa shape index (κ2) is 5.80. The van der Waals surface area contributed by atoms with Gasteiger partial charge in [0.15, 0.2) is 0 Å². The highest BCUT2D eigenvalue weighted by Crippen LogP contribution is 2.28. The Morgan fingerprint density at radius 3 is 2.33 bits per heavy atom. The van der Waals surface area contributed by atoms with Gasteiger partial charge in [-0.3, -0.25) is 0 Å². The summed E-state index contributed by atoms with van der Waals surface area (Å²) in [5.41, 5.74) is 1.96. The van der Waals surface area contributed by atoms with Crippen LogP contribution in [0.15, 0.2) is 11.5 Å². The average Bonchev–Trinajstić information content (AvgIpc) is 2.79. The van der Waals surface area contributed by atoms with E-state index < -0.39 is 8.07 Å². The molecule has 0 bridgehead atoms. The average molecular weight is 230 g/mol. The molecule has 15 heavy (non-hydrogen) atoms. The zero-order valence-corrected chi connectivity index (χ0v) is 11.2. The van der Waals surface area contributed by atoms with E-state index in [0.717, 1.165) is 37.6 Å². The van der Waals surface area contributed by atoms with Crippen molar-refractivity contribution in [1.82, 2.24) is 0 Å². The third-order valence-electron chi connectivity index (χ3n) is 3.79. The van der Waals surface area contributed by atoms with Crippen molar-refractivity contribution in [3.63, 3.8) is 0 Å². The van der Waals surface area contributed by atoms with E-state index in [1.165, 1.54) is 0 Å². The molecule has 0 aliphatic carbocycles. The lowest BCUT2D eigenvalue weighted by molar-refractivity contribution is 0.119. The van der Waals surface area contributed by atoms with E-state index in [-0.39, 0.29) is 11.9 Å². The smallest absolute Gasteiger partial charge is 0.121 e. The molecule has 3 heteroatoms. The number of ether oxygens (including phenoxy) is 1. The summed E-state index contributed by atoms with van der Waals surface area (Å²) in [5.74, 6) is 0.0183. The molecule has 88 valence electrons. The number of rotatable bonds is 5. The van der Waals surface area contributed by atoms with Gasteiger partial charge in [0.2, 0.25) is 0 Å². The largest absolute Gasteiger partial charge is 0.371 e. The van der Waals surface area contributed by atoms with Crippen LogP contribution in [0.4, 0.5) is 4.39 Å². The first-order chi connectivity index (χ1) is 7.17. The Morgan fingerprint density at radius 2 is 1.93 bits per heavy atom. The Balaban J connectivity index is 2.72. The Hall–Kier alpha value is -0.153. The Morgan fingerprint density at radius 1 is 1.33 bits per heavy atom. The first kappa shape index (κ1) is 12.9. The van der Waals surface area contributed by atoms with Crippen molar-refractivity contribution in [2.24, 2.45) is 0 Å². The van der Waals surface area contributed by atoms with Crippen LogP contribution in [-0.4, -0.2) is 20.8 Å². The topological polar surface area (TPSA) is 9.23 Å². The van der Waals surface area contributed by atoms with Crippen molar-refractivity contribution in [3.05, 3.63) is 11.5 Å². The van der Waals surface area contributed by atoms with Crippen LogP contribution in [-0.2, 0) is 4.74 Å². The summed E-state index contributed by atoms with van der Waals surface area (Å²) in [7, 11) is -1.47. The zero-order chi connectivity index (χ0) is 11.3. The summed E-state index contributed by atoms with van der Waals surface area (Å²) in [6.45, 7) is 7.31. The molecular weight excluding hydrogens is 207 g/mol. The van der Waals surface area contributed by atoms with Gasteiger partial charge in [-0.05, 0) is 12.8 Å². The van der Waals surface area contributed by atoms with Crippen LogP contribution < -0.4 is 0 Å². The van der Waals surface area contributed by atoms with Gasteiger partial charge in [-0.1, -0.05) is 44.6 Å². The molecule has 0 spiro atoms. The van der Waals surface area contributed by atoms with Crippen LogP contribution in [0.2, 0.25) is 18.1 Å². The van der Waals surface area contributed by atoms with E-state index in [0.29, 0.717) is 0 Å². The molecular formula is C12H23FOSi. The molecule has 0 aromatic rings. The molecule has 1 atom stereocenters. The lowest BCUT2D eigenvalue weighted by atomic mass is 10.2. The lowest BCUT2D eigenvalue weighted by Gasteiger charge is -2.24. The van der Waals surface area contributed by atoms with Crippen LogP contribution in [0.25, 0.3) is 0 Å². The highest BCUT2D eigenvalue weighted by Gasteiger charge is 2.28. The molecule has 1 rings (SSSR count). The van der Waals surface area contributed by atoms with Gasteiger partial charge in [0, 0.05) is 6.61 Å². The Labute approximate surface area is 93.7 Å². The standard InChI is InChI=1S/C12H23FOSi/c1-4-15(5-2,6-3)10-11(13)12-8-7-9-14-12/h10,12H,4-9H2,1-3H3/b11-10+. The van der Waals surface area contributed by atoms with E-state index in [9.17, 15) is 4.39 Å². The quantitative estimate of drug-likeness (QED) is 0.647. The molecule has 1 aliphatic heterocycles. The van der Waals surface area contributed by atoms with Crippen molar-refractivity contribution in [2.45, 2.75) is 57.8 Å². The second-order valence-corrected chi connectivity index (χ2v) is 9.59. The fraction of sp³-hybridized carbons (Fsp3) is 0.833. The van der Waals surface area contributed by atoms with Gasteiger partial charge in [0.25, 0.3) is 0 Å². The number of hydrogen-bond donors (Lipinski definition) is 0. The van der Waals surface area contributed by atoms with Crippen LogP contribution in [0.3, 0.4) is 0 Å². The maximum Gasteiger partial charge on any atom is 0.121 e. The molecule has 0 aromatic heterocycles. The van der Waals surface area contributed by atoms with E-state index in [1.807, 2.05) is 5.70 Å². The predicted molar refractivity (Wildman–Crippen MR) is 65.4 cm³/mol. The van der Waals surface area contributed by atoms with Gasteiger partial charge >= 0.3 is 0 Å². The maximum absolute atomic E-state index is 13.9. The molecule has 0 radical (unpaired) electrons. The first-order valence-electron chi connectivity index (χ1n) is 6.17. The molecule has 1 saturated heterocycles. The molecule has 0 N–H and O–H groups in total. The van der Waals surface area contributed by atoms with Gasteiger partial charge in [0.1, 0.15) is 11.9 Å². The lowest BCUT2D eigenvalue weighted by Crippen LogP contribution is -2.30. The van der Waals surface area contributed by atoms with Gasteiger partial charge in [-0.15, -0.1) is 0 Å². The van der Waals surface area contributed by atoms with Gasteiger partial charge < -0.3 is 4.74 Å². The number of halogens is 1. The third kappa shape index (κ3) is 3.15. The monoisotopic (exact) mass is 230 g/mol. The van der Waals surface area contributed by atoms with Crippen LogP contribution in [0.5, 0.6) is 0 Å². The Kier molecular flexibility index (Phi) is 5.00. The third-order valence-corrected chi connectivity index (χ3v) is 8.91. The molecule has 0 saturated carbocycles. The first-order valence-corrected chi connectivity index (χ1v) is 8.87. The van der Waals surface area contributed by atoms with E-state index in [4.69, 9.17) is 4.74 Å². The second-order valence-electron chi connectivity index (χ2n) is 4.45. The normalized spacial score (nSPS) is 23.5. The highest BCUT2D eigenvalue weighted by atomic mass is 28.3. The van der Waals surface area contributed by atoms with Crippen LogP contribution in [0, 0.1) is 0 Å². The minimum absolute atomic E-state index is 0.0183. The van der Waals surface area contributed by atoms with E-state index >= 15 is 0 Å². The molecule has 0 amide bonds. The summed E-state index contributed by atoms with van der Waals surface area (Å²) >= 11 is 0. The van der Waals surface area contributed by atoms with Crippen LogP contribution >= 0.6 is 0 Å². The van der Waals surface area contributed by atoms with Gasteiger partial charge in [-0.25, -0.2) is 4.39 Å². The van der Waals surface area contributed by atoms with Crippen molar-refractivity contribution in [1.29, 1.82) is 0 Å². The van der Waals surface area contributed by atoms with Crippen molar-refractivity contribution < 1.29 is 9.13 Å². The molecule has 1 fully saturated rings. The fourth-order valence-electron chi connectivity index (χ4n) is 2.24. The molecule has 1 nitrogen and oxygen atoms in total. The maximum atomic E-state index is 13.9.